The van der Waals surface area contributed by atoms with E-state index in [9.17, 15) is 9.59 Å². The fourth-order valence-electron chi connectivity index (χ4n) is 1.42. The molecule has 0 aliphatic heterocycles. The van der Waals surface area contributed by atoms with E-state index in [1.807, 2.05) is 20.8 Å². The van der Waals surface area contributed by atoms with E-state index in [1.165, 1.54) is 6.08 Å². The second-order valence-corrected chi connectivity index (χ2v) is 4.86. The van der Waals surface area contributed by atoms with Crippen LogP contribution >= 0.6 is 0 Å². The summed E-state index contributed by atoms with van der Waals surface area (Å²) in [6, 6.07) is 0. The van der Waals surface area contributed by atoms with Gasteiger partial charge in [0, 0.05) is 11.6 Å². The summed E-state index contributed by atoms with van der Waals surface area (Å²) in [5.74, 6) is -0.611. The highest BCUT2D eigenvalue weighted by Crippen LogP contribution is 2.04. The van der Waals surface area contributed by atoms with Crippen LogP contribution in [0.2, 0.25) is 0 Å². The molecule has 1 atom stereocenters. The molecule has 0 aromatic heterocycles. The summed E-state index contributed by atoms with van der Waals surface area (Å²) in [6.07, 6.45) is 4.96. The SMILES string of the molecule is C=C(C)C(=O)OC(C)CCC.C=CC(=O)OC(CC)CC. The summed E-state index contributed by atoms with van der Waals surface area (Å²) in [5, 5.41) is 0. The summed E-state index contributed by atoms with van der Waals surface area (Å²) in [7, 11) is 0. The summed E-state index contributed by atoms with van der Waals surface area (Å²) < 4.78 is 9.95. The van der Waals surface area contributed by atoms with Gasteiger partial charge >= 0.3 is 11.9 Å². The summed E-state index contributed by atoms with van der Waals surface area (Å²) in [4.78, 5) is 21.5. The van der Waals surface area contributed by atoms with Gasteiger partial charge < -0.3 is 9.47 Å². The highest BCUT2D eigenvalue weighted by molar-refractivity contribution is 5.87. The van der Waals surface area contributed by atoms with Crippen LogP contribution in [0.1, 0.15) is 60.3 Å². The minimum absolute atomic E-state index is 0.0178. The van der Waals surface area contributed by atoms with Gasteiger partial charge in [-0.1, -0.05) is 40.3 Å². The van der Waals surface area contributed by atoms with Crippen molar-refractivity contribution in [2.24, 2.45) is 0 Å². The van der Waals surface area contributed by atoms with E-state index >= 15 is 0 Å². The molecule has 0 aliphatic carbocycles. The highest BCUT2D eigenvalue weighted by atomic mass is 16.5. The van der Waals surface area contributed by atoms with Crippen molar-refractivity contribution >= 4 is 11.9 Å². The number of esters is 2. The van der Waals surface area contributed by atoms with E-state index in [4.69, 9.17) is 9.47 Å². The van der Waals surface area contributed by atoms with Gasteiger partial charge in [-0.05, 0) is 33.1 Å². The lowest BCUT2D eigenvalue weighted by molar-refractivity contribution is -0.144. The van der Waals surface area contributed by atoms with Crippen LogP contribution in [0.15, 0.2) is 24.8 Å². The lowest BCUT2D eigenvalue weighted by Gasteiger charge is -2.11. The fourth-order valence-corrected chi connectivity index (χ4v) is 1.42. The normalized spacial score (nSPS) is 11.0. The fraction of sp³-hybridized carbons (Fsp3) is 0.647. The number of hydrogen-bond acceptors (Lipinski definition) is 4. The maximum atomic E-state index is 10.9. The molecule has 4 heteroatoms. The molecule has 0 N–H and O–H groups in total. The van der Waals surface area contributed by atoms with Crippen LogP contribution in [0, 0.1) is 0 Å². The number of carbonyl (C=O) groups excluding carboxylic acids is 2. The summed E-state index contributed by atoms with van der Waals surface area (Å²) in [5.41, 5.74) is 0.466. The first-order chi connectivity index (χ1) is 9.81. The Morgan fingerprint density at radius 2 is 1.67 bits per heavy atom. The Balaban J connectivity index is 0. The Morgan fingerprint density at radius 1 is 1.14 bits per heavy atom. The predicted molar refractivity (Wildman–Crippen MR) is 85.9 cm³/mol. The molecule has 0 bridgehead atoms. The predicted octanol–water partition coefficient (Wildman–Crippen LogP) is 4.20. The minimum Gasteiger partial charge on any atom is -0.459 e. The summed E-state index contributed by atoms with van der Waals surface area (Å²) >= 11 is 0. The third-order valence-electron chi connectivity index (χ3n) is 2.71. The largest absolute Gasteiger partial charge is 0.459 e. The topological polar surface area (TPSA) is 52.6 Å². The van der Waals surface area contributed by atoms with Gasteiger partial charge in [-0.15, -0.1) is 0 Å². The van der Waals surface area contributed by atoms with Gasteiger partial charge in [0.2, 0.25) is 0 Å². The Hall–Kier alpha value is -1.58. The van der Waals surface area contributed by atoms with Crippen LogP contribution < -0.4 is 0 Å². The van der Waals surface area contributed by atoms with Crippen LogP contribution in [0.4, 0.5) is 0 Å². The Kier molecular flexibility index (Phi) is 13.9. The first-order valence-electron chi connectivity index (χ1n) is 7.51. The quantitative estimate of drug-likeness (QED) is 0.498. The van der Waals surface area contributed by atoms with Crippen molar-refractivity contribution in [1.82, 2.24) is 0 Å². The lowest BCUT2D eigenvalue weighted by Crippen LogP contribution is -2.14. The van der Waals surface area contributed by atoms with Crippen LogP contribution in [0.25, 0.3) is 0 Å². The molecule has 0 spiro atoms. The molecule has 0 amide bonds. The van der Waals surface area contributed by atoms with Gasteiger partial charge in [0.25, 0.3) is 0 Å². The molecule has 0 aromatic carbocycles. The zero-order valence-corrected chi connectivity index (χ0v) is 14.1. The number of hydrogen-bond donors (Lipinski definition) is 0. The maximum Gasteiger partial charge on any atom is 0.333 e. The van der Waals surface area contributed by atoms with Gasteiger partial charge in [-0.2, -0.15) is 0 Å². The van der Waals surface area contributed by atoms with Gasteiger partial charge in [-0.25, -0.2) is 9.59 Å². The molecular weight excluding hydrogens is 268 g/mol. The first kappa shape index (κ1) is 21.7. The summed E-state index contributed by atoms with van der Waals surface area (Å²) in [6.45, 7) is 16.4. The minimum atomic E-state index is -0.325. The van der Waals surface area contributed by atoms with E-state index in [0.29, 0.717) is 5.57 Å². The van der Waals surface area contributed by atoms with Crippen molar-refractivity contribution in [3.8, 4) is 0 Å². The van der Waals surface area contributed by atoms with E-state index in [-0.39, 0.29) is 24.1 Å². The highest BCUT2D eigenvalue weighted by Gasteiger charge is 2.08. The van der Waals surface area contributed by atoms with E-state index in [0.717, 1.165) is 25.7 Å². The molecule has 1 unspecified atom stereocenters. The molecule has 0 saturated carbocycles. The van der Waals surface area contributed by atoms with Gasteiger partial charge in [0.15, 0.2) is 0 Å². The average molecular weight is 298 g/mol. The molecular formula is C17H30O4. The van der Waals surface area contributed by atoms with E-state index in [1.54, 1.807) is 6.92 Å². The van der Waals surface area contributed by atoms with Crippen LogP contribution in [0.5, 0.6) is 0 Å². The van der Waals surface area contributed by atoms with Crippen molar-refractivity contribution in [2.45, 2.75) is 72.5 Å². The molecule has 0 heterocycles. The number of carbonyl (C=O) groups is 2. The molecule has 122 valence electrons. The third kappa shape index (κ3) is 13.2. The smallest absolute Gasteiger partial charge is 0.333 e. The van der Waals surface area contributed by atoms with Gasteiger partial charge in [0.05, 0.1) is 6.10 Å². The molecule has 0 radical (unpaired) electrons. The van der Waals surface area contributed by atoms with E-state index < -0.39 is 0 Å². The second-order valence-electron chi connectivity index (χ2n) is 4.86. The van der Waals surface area contributed by atoms with Crippen molar-refractivity contribution in [3.05, 3.63) is 24.8 Å². The molecule has 0 saturated heterocycles. The molecule has 0 aromatic rings. The number of rotatable bonds is 8. The monoisotopic (exact) mass is 298 g/mol. The Bertz CT molecular complexity index is 330. The Morgan fingerprint density at radius 3 is 2.00 bits per heavy atom. The van der Waals surface area contributed by atoms with Gasteiger partial charge in [-0.3, -0.25) is 0 Å². The maximum absolute atomic E-state index is 10.9. The van der Waals surface area contributed by atoms with Crippen molar-refractivity contribution in [2.75, 3.05) is 0 Å². The molecule has 4 nitrogen and oxygen atoms in total. The van der Waals surface area contributed by atoms with Crippen molar-refractivity contribution < 1.29 is 19.1 Å². The van der Waals surface area contributed by atoms with Crippen molar-refractivity contribution in [1.29, 1.82) is 0 Å². The number of ether oxygens (including phenoxy) is 2. The molecule has 0 rings (SSSR count). The average Bonchev–Trinajstić information content (AvgIpc) is 2.45. The van der Waals surface area contributed by atoms with Crippen LogP contribution in [-0.4, -0.2) is 24.1 Å². The Labute approximate surface area is 129 Å². The zero-order valence-electron chi connectivity index (χ0n) is 14.1. The van der Waals surface area contributed by atoms with Crippen LogP contribution in [-0.2, 0) is 19.1 Å². The molecule has 0 fully saturated rings. The van der Waals surface area contributed by atoms with Crippen molar-refractivity contribution in [3.63, 3.8) is 0 Å². The third-order valence-corrected chi connectivity index (χ3v) is 2.71. The molecule has 21 heavy (non-hydrogen) atoms. The van der Waals surface area contributed by atoms with Crippen LogP contribution in [0.3, 0.4) is 0 Å². The zero-order chi connectivity index (χ0) is 16.8. The molecule has 0 aliphatic rings. The lowest BCUT2D eigenvalue weighted by atomic mass is 10.2. The second kappa shape index (κ2) is 13.4. The van der Waals surface area contributed by atoms with Gasteiger partial charge in [0.1, 0.15) is 6.10 Å². The standard InChI is InChI=1S/C9H16O2.C8H14O2/c1-5-6-8(4)11-9(10)7(2)3;1-4-7(5-2)10-8(9)6-3/h8H,2,5-6H2,1,3-4H3;6-7H,3-5H2,1-2H3. The first-order valence-corrected chi connectivity index (χ1v) is 7.51. The van der Waals surface area contributed by atoms with E-state index in [2.05, 4.69) is 20.1 Å².